The van der Waals surface area contributed by atoms with Gasteiger partial charge >= 0.3 is 0 Å². The van der Waals surface area contributed by atoms with Crippen LogP contribution in [0.15, 0.2) is 60.7 Å². The predicted octanol–water partition coefficient (Wildman–Crippen LogP) is 3.80. The summed E-state index contributed by atoms with van der Waals surface area (Å²) in [6.45, 7) is 18.3. The average molecular weight is 682 g/mol. The monoisotopic (exact) mass is 681 g/mol. The van der Waals surface area contributed by atoms with E-state index in [0.717, 1.165) is 11.1 Å². The molecule has 1 aliphatic rings. The van der Waals surface area contributed by atoms with Crippen LogP contribution in [0.25, 0.3) is 0 Å². The van der Waals surface area contributed by atoms with E-state index in [1.54, 1.807) is 0 Å². The molecule has 3 rings (SSSR count). The maximum absolute atomic E-state index is 14.1. The summed E-state index contributed by atoms with van der Waals surface area (Å²) in [5, 5.41) is 23.8. The van der Waals surface area contributed by atoms with Crippen molar-refractivity contribution in [2.75, 3.05) is 19.0 Å². The zero-order chi connectivity index (χ0) is 35.9. The van der Waals surface area contributed by atoms with E-state index in [1.165, 1.54) is 16.7 Å². The van der Waals surface area contributed by atoms with Crippen LogP contribution in [0.3, 0.4) is 0 Å². The highest BCUT2D eigenvalue weighted by molar-refractivity contribution is 8.00. The van der Waals surface area contributed by atoms with Crippen molar-refractivity contribution in [3.63, 3.8) is 0 Å². The van der Waals surface area contributed by atoms with Crippen LogP contribution in [-0.4, -0.2) is 81.6 Å². The minimum atomic E-state index is -1.66. The second-order valence-corrected chi connectivity index (χ2v) is 16.9. The predicted molar refractivity (Wildman–Crippen MR) is 192 cm³/mol. The topological polar surface area (TPSA) is 140 Å². The number of carbonyl (C=O) groups excluding carboxylic acids is 4. The third-order valence-electron chi connectivity index (χ3n) is 8.35. The lowest BCUT2D eigenvalue weighted by atomic mass is 9.85. The van der Waals surface area contributed by atoms with E-state index >= 15 is 0 Å². The molecule has 0 spiro atoms. The molecule has 2 aromatic rings. The molecule has 1 aliphatic heterocycles. The number of thioether (sulfide) groups is 1. The third kappa shape index (κ3) is 10.5. The summed E-state index contributed by atoms with van der Waals surface area (Å²) < 4.78 is -0.598. The van der Waals surface area contributed by atoms with Crippen molar-refractivity contribution >= 4 is 35.4 Å². The van der Waals surface area contributed by atoms with Crippen LogP contribution in [0, 0.1) is 10.8 Å². The van der Waals surface area contributed by atoms with Crippen LogP contribution in [-0.2, 0) is 25.6 Å². The molecule has 5 atom stereocenters. The lowest BCUT2D eigenvalue weighted by molar-refractivity contribution is -0.148. The largest absolute Gasteiger partial charge is 0.381 e. The molecule has 0 unspecified atom stereocenters. The summed E-state index contributed by atoms with van der Waals surface area (Å²) in [6, 6.07) is 15.0. The Kier molecular flexibility index (Phi) is 13.3. The van der Waals surface area contributed by atoms with Crippen LogP contribution < -0.4 is 21.3 Å². The molecular weight excluding hydrogens is 627 g/mol. The first-order valence-electron chi connectivity index (χ1n) is 16.7. The van der Waals surface area contributed by atoms with Crippen molar-refractivity contribution in [3.8, 4) is 0 Å². The highest BCUT2D eigenvalue weighted by atomic mass is 32.2. The number of amides is 4. The fourth-order valence-corrected chi connectivity index (χ4v) is 6.83. The van der Waals surface area contributed by atoms with Crippen molar-refractivity contribution in [3.05, 3.63) is 71.8 Å². The molecule has 5 N–H and O–H groups in total. The lowest BCUT2D eigenvalue weighted by Gasteiger charge is -2.36. The van der Waals surface area contributed by atoms with E-state index in [9.17, 15) is 24.3 Å². The molecule has 1 heterocycles. The van der Waals surface area contributed by atoms with E-state index in [-0.39, 0.29) is 29.5 Å². The number of carbonyl (C=O) groups is 4. The van der Waals surface area contributed by atoms with Gasteiger partial charge in [-0.1, -0.05) is 109 Å². The first-order valence-corrected chi connectivity index (χ1v) is 17.7. The molecule has 0 saturated carbocycles. The molecule has 264 valence electrons. The quantitative estimate of drug-likeness (QED) is 0.217. The second-order valence-electron chi connectivity index (χ2n) is 15.3. The van der Waals surface area contributed by atoms with Crippen molar-refractivity contribution in [1.82, 2.24) is 26.2 Å². The molecule has 0 aliphatic carbocycles. The Bertz CT molecular complexity index is 1390. The summed E-state index contributed by atoms with van der Waals surface area (Å²) in [7, 11) is 0. The van der Waals surface area contributed by atoms with Gasteiger partial charge in [0.05, 0.1) is 11.9 Å². The number of benzene rings is 2. The van der Waals surface area contributed by atoms with Gasteiger partial charge in [0.15, 0.2) is 6.10 Å². The highest BCUT2D eigenvalue weighted by Gasteiger charge is 2.50. The molecule has 10 nitrogen and oxygen atoms in total. The Morgan fingerprint density at radius 3 is 2.04 bits per heavy atom. The number of rotatable bonds is 13. The first kappa shape index (κ1) is 39.0. The van der Waals surface area contributed by atoms with Crippen molar-refractivity contribution < 1.29 is 24.3 Å². The van der Waals surface area contributed by atoms with Crippen LogP contribution in [0.4, 0.5) is 0 Å². The van der Waals surface area contributed by atoms with Gasteiger partial charge < -0.3 is 31.3 Å². The number of nitrogens with zero attached hydrogens (tertiary/aromatic N) is 1. The maximum Gasteiger partial charge on any atom is 0.254 e. The Labute approximate surface area is 290 Å². The number of aliphatic hydroxyl groups is 1. The Morgan fingerprint density at radius 1 is 0.917 bits per heavy atom. The van der Waals surface area contributed by atoms with Gasteiger partial charge in [0, 0.05) is 11.3 Å². The number of aliphatic hydroxyl groups excluding tert-OH is 1. The summed E-state index contributed by atoms with van der Waals surface area (Å²) in [4.78, 5) is 56.7. The van der Waals surface area contributed by atoms with Gasteiger partial charge in [-0.05, 0) is 48.8 Å². The van der Waals surface area contributed by atoms with Crippen molar-refractivity contribution in [2.24, 2.45) is 10.8 Å². The molecule has 0 radical (unpaired) electrons. The van der Waals surface area contributed by atoms with Crippen LogP contribution in [0.2, 0.25) is 0 Å². The second kappa shape index (κ2) is 16.3. The summed E-state index contributed by atoms with van der Waals surface area (Å²) in [5.74, 6) is -1.60. The van der Waals surface area contributed by atoms with Gasteiger partial charge in [-0.2, -0.15) is 0 Å². The molecule has 2 aromatic carbocycles. The smallest absolute Gasteiger partial charge is 0.254 e. The van der Waals surface area contributed by atoms with Crippen LogP contribution >= 0.6 is 11.8 Å². The van der Waals surface area contributed by atoms with Gasteiger partial charge in [-0.15, -0.1) is 11.8 Å². The van der Waals surface area contributed by atoms with E-state index in [2.05, 4.69) is 21.3 Å². The summed E-state index contributed by atoms with van der Waals surface area (Å²) >= 11 is 1.46. The van der Waals surface area contributed by atoms with Crippen molar-refractivity contribution in [2.45, 2.75) is 104 Å². The fourth-order valence-electron chi connectivity index (χ4n) is 5.69. The zero-order valence-electron chi connectivity index (χ0n) is 29.9. The molecule has 0 bridgehead atoms. The zero-order valence-corrected chi connectivity index (χ0v) is 30.7. The molecule has 4 amide bonds. The van der Waals surface area contributed by atoms with Gasteiger partial charge in [-0.25, -0.2) is 0 Å². The van der Waals surface area contributed by atoms with Gasteiger partial charge in [0.25, 0.3) is 5.91 Å². The summed E-state index contributed by atoms with van der Waals surface area (Å²) in [6.07, 6.45) is -1.50. The van der Waals surface area contributed by atoms with Gasteiger partial charge in [0.1, 0.15) is 18.1 Å². The normalized spacial score (nSPS) is 18.7. The van der Waals surface area contributed by atoms with Gasteiger partial charge in [-0.3, -0.25) is 19.2 Å². The fraction of sp³-hybridized carbons (Fsp3) is 0.568. The first-order chi connectivity index (χ1) is 22.4. The molecule has 1 fully saturated rings. The molecular formula is C37H55N5O5S. The highest BCUT2D eigenvalue weighted by Crippen LogP contribution is 2.40. The number of nitrogens with one attached hydrogen (secondary N) is 4. The van der Waals surface area contributed by atoms with Gasteiger partial charge in [0.2, 0.25) is 17.7 Å². The minimum absolute atomic E-state index is 0.152. The number of likely N-dealkylation sites (N-methyl/N-ethyl adjacent to an activating group) is 1. The maximum atomic E-state index is 14.1. The van der Waals surface area contributed by atoms with Crippen LogP contribution in [0.5, 0.6) is 0 Å². The van der Waals surface area contributed by atoms with E-state index < -0.39 is 52.2 Å². The standard InChI is InChI=1S/C37H55N5O5S/c1-10-38-27(25-19-15-12-16-20-25)31(44)41-29(36(5,6)7)32(45)40-26(21-24-17-13-11-14-18-24)28(43)34(47)42-23-48-37(8,9)30(42)33(46)39-22-35(2,3)4/h11-20,26-30,38,43H,10,21-23H2,1-9H3,(H,39,46)(H,40,45)(H,41,44)/t26-,27-,28-,29+,30+/m0/s1. The van der Waals surface area contributed by atoms with E-state index in [4.69, 9.17) is 0 Å². The van der Waals surface area contributed by atoms with Crippen molar-refractivity contribution in [1.29, 1.82) is 0 Å². The average Bonchev–Trinajstić information content (AvgIpc) is 3.34. The SMILES string of the molecule is CCN[C@H](C(=O)N[C@H](C(=O)N[C@@H](Cc1ccccc1)[C@H](O)C(=O)N1CSC(C)(C)[C@H]1C(=O)NCC(C)(C)C)C(C)(C)C)c1ccccc1. The number of hydrogen-bond acceptors (Lipinski definition) is 7. The molecule has 11 heteroatoms. The number of hydrogen-bond donors (Lipinski definition) is 5. The van der Waals surface area contributed by atoms with E-state index in [0.29, 0.717) is 13.1 Å². The van der Waals surface area contributed by atoms with Crippen LogP contribution in [0.1, 0.15) is 79.5 Å². The Morgan fingerprint density at radius 2 is 1.50 bits per heavy atom. The molecule has 0 aromatic heterocycles. The minimum Gasteiger partial charge on any atom is -0.381 e. The third-order valence-corrected chi connectivity index (χ3v) is 9.72. The summed E-state index contributed by atoms with van der Waals surface area (Å²) in [5.41, 5.74) is 0.696. The molecule has 1 saturated heterocycles. The Hall–Kier alpha value is -3.41. The van der Waals surface area contributed by atoms with E-state index in [1.807, 2.05) is 123 Å². The lowest BCUT2D eigenvalue weighted by Crippen LogP contribution is -2.62. The molecule has 48 heavy (non-hydrogen) atoms. The Balaban J connectivity index is 1.90.